The number of pyridine rings is 1. The smallest absolute Gasteiger partial charge is 0.302 e. The van der Waals surface area contributed by atoms with Gasteiger partial charge in [0.1, 0.15) is 5.76 Å². The topological polar surface area (TPSA) is 118 Å². The average Bonchev–Trinajstić information content (AvgIpc) is 3.44. The molecule has 39 heavy (non-hydrogen) atoms. The lowest BCUT2D eigenvalue weighted by molar-refractivity contribution is -0.132. The van der Waals surface area contributed by atoms with Gasteiger partial charge in [0.2, 0.25) is 5.95 Å². The number of hydrogen-bond acceptors (Lipinski definition) is 7. The Labute approximate surface area is 226 Å². The third kappa shape index (κ3) is 4.39. The molecule has 2 N–H and O–H groups in total. The van der Waals surface area contributed by atoms with Crippen LogP contribution in [0.15, 0.2) is 60.4 Å². The summed E-state index contributed by atoms with van der Waals surface area (Å²) in [6.45, 7) is 8.07. The number of aryl methyl sites for hydroxylation is 1. The number of nitrogens with zero attached hydrogens (tertiary/aromatic N) is 3. The van der Waals surface area contributed by atoms with E-state index in [1.807, 2.05) is 25.1 Å². The lowest BCUT2D eigenvalue weighted by Gasteiger charge is -2.24. The van der Waals surface area contributed by atoms with Gasteiger partial charge in [-0.05, 0) is 41.2 Å². The van der Waals surface area contributed by atoms with Crippen molar-refractivity contribution in [3.05, 3.63) is 82.7 Å². The summed E-state index contributed by atoms with van der Waals surface area (Å²) in [6.07, 6.45) is 3.18. The Bertz CT molecular complexity index is 1590. The first-order chi connectivity index (χ1) is 18.5. The van der Waals surface area contributed by atoms with Gasteiger partial charge in [-0.25, -0.2) is 4.98 Å². The van der Waals surface area contributed by atoms with Gasteiger partial charge in [0.25, 0.3) is 5.78 Å². The summed E-state index contributed by atoms with van der Waals surface area (Å²) in [5.41, 5.74) is 3.70. The Balaban J connectivity index is 1.73. The van der Waals surface area contributed by atoms with Crippen molar-refractivity contribution in [1.29, 1.82) is 0 Å². The molecule has 1 saturated heterocycles. The van der Waals surface area contributed by atoms with Gasteiger partial charge in [0, 0.05) is 30.1 Å². The molecular formula is C30H30N4O5. The van der Waals surface area contributed by atoms with Crippen molar-refractivity contribution in [2.45, 2.75) is 39.2 Å². The standard InChI is InChI=1S/C30H30N4O5/c1-16-9-10-18(30(2,3)4)12-19(16)26(35)24-25(17-8-7-11-31-15-17)34(28(37)27(24)36)29-32-20-13-22(38-5)23(39-6)14-21(20)33-29/h7-15,25,35H,1-6H3,(H,32,33)/b26-24+. The van der Waals surface area contributed by atoms with Crippen molar-refractivity contribution in [3.8, 4) is 11.5 Å². The number of amides is 1. The van der Waals surface area contributed by atoms with Crippen LogP contribution >= 0.6 is 0 Å². The van der Waals surface area contributed by atoms with E-state index in [4.69, 9.17) is 9.47 Å². The number of methoxy groups -OCH3 is 2. The van der Waals surface area contributed by atoms with Gasteiger partial charge in [-0.2, -0.15) is 0 Å². The maximum Gasteiger partial charge on any atom is 0.302 e. The minimum Gasteiger partial charge on any atom is -0.507 e. The number of imidazole rings is 1. The summed E-state index contributed by atoms with van der Waals surface area (Å²) < 4.78 is 10.8. The third-order valence-corrected chi connectivity index (χ3v) is 7.01. The fourth-order valence-corrected chi connectivity index (χ4v) is 4.83. The van der Waals surface area contributed by atoms with Crippen molar-refractivity contribution >= 4 is 34.4 Å². The molecule has 0 bridgehead atoms. The minimum atomic E-state index is -0.958. The van der Waals surface area contributed by atoms with Crippen molar-refractivity contribution in [3.63, 3.8) is 0 Å². The predicted molar refractivity (Wildman–Crippen MR) is 148 cm³/mol. The zero-order chi connectivity index (χ0) is 28.1. The molecule has 1 fully saturated rings. The second-order valence-electron chi connectivity index (χ2n) is 10.5. The lowest BCUT2D eigenvalue weighted by atomic mass is 9.84. The summed E-state index contributed by atoms with van der Waals surface area (Å²) >= 11 is 0. The maximum atomic E-state index is 13.6. The number of aliphatic hydroxyl groups excluding tert-OH is 1. The summed E-state index contributed by atoms with van der Waals surface area (Å²) in [4.78, 5) is 40.4. The number of ketones is 1. The van der Waals surface area contributed by atoms with Crippen molar-refractivity contribution in [1.82, 2.24) is 15.0 Å². The molecule has 1 amide bonds. The quantitative estimate of drug-likeness (QED) is 0.208. The molecule has 0 saturated carbocycles. The predicted octanol–water partition coefficient (Wildman–Crippen LogP) is 5.21. The van der Waals surface area contributed by atoms with Gasteiger partial charge in [-0.3, -0.25) is 19.5 Å². The van der Waals surface area contributed by atoms with Gasteiger partial charge in [-0.1, -0.05) is 39.0 Å². The van der Waals surface area contributed by atoms with Gasteiger partial charge in [0.05, 0.1) is 36.9 Å². The van der Waals surface area contributed by atoms with E-state index >= 15 is 0 Å². The van der Waals surface area contributed by atoms with Crippen LogP contribution in [0.2, 0.25) is 0 Å². The number of nitrogens with one attached hydrogen (secondary N) is 1. The first-order valence-corrected chi connectivity index (χ1v) is 12.5. The van der Waals surface area contributed by atoms with E-state index < -0.39 is 17.7 Å². The average molecular weight is 527 g/mol. The van der Waals surface area contributed by atoms with Crippen molar-refractivity contribution in [2.24, 2.45) is 0 Å². The molecule has 0 spiro atoms. The number of aromatic amines is 1. The van der Waals surface area contributed by atoms with Crippen LogP contribution in [-0.4, -0.2) is 46.0 Å². The fraction of sp³-hybridized carbons (Fsp3) is 0.267. The third-order valence-electron chi connectivity index (χ3n) is 7.01. The molecule has 1 atom stereocenters. The van der Waals surface area contributed by atoms with Crippen LogP contribution in [0.5, 0.6) is 11.5 Å². The first-order valence-electron chi connectivity index (χ1n) is 12.5. The van der Waals surface area contributed by atoms with Crippen molar-refractivity contribution in [2.75, 3.05) is 19.1 Å². The monoisotopic (exact) mass is 526 g/mol. The molecule has 3 heterocycles. The normalized spacial score (nSPS) is 17.2. The SMILES string of the molecule is COc1cc2nc(N3C(=O)C(=O)/C(=C(/O)c4cc(C(C)(C)C)ccc4C)C3c3cccnc3)[nH]c2cc1OC. The summed E-state index contributed by atoms with van der Waals surface area (Å²) in [6, 6.07) is 11.7. The molecule has 4 aromatic rings. The molecule has 9 nitrogen and oxygen atoms in total. The van der Waals surface area contributed by atoms with Crippen LogP contribution in [0.4, 0.5) is 5.95 Å². The number of carbonyl (C=O) groups excluding carboxylic acids is 2. The Kier molecular flexibility index (Phi) is 6.38. The number of hydrogen-bond donors (Lipinski definition) is 2. The number of ether oxygens (including phenoxy) is 2. The van der Waals surface area contributed by atoms with Gasteiger partial charge < -0.3 is 19.6 Å². The van der Waals surface area contributed by atoms with Crippen LogP contribution in [0, 0.1) is 6.92 Å². The highest BCUT2D eigenvalue weighted by Crippen LogP contribution is 2.43. The largest absolute Gasteiger partial charge is 0.507 e. The molecule has 0 aliphatic carbocycles. The number of anilines is 1. The molecule has 2 aromatic carbocycles. The molecule has 2 aromatic heterocycles. The number of Topliss-reactive ketones (excluding diaryl/α,β-unsaturated/α-hetero) is 1. The van der Waals surface area contributed by atoms with Gasteiger partial charge in [0.15, 0.2) is 11.5 Å². The molecule has 1 aliphatic heterocycles. The number of rotatable bonds is 5. The van der Waals surface area contributed by atoms with E-state index in [2.05, 4.69) is 35.7 Å². The summed E-state index contributed by atoms with van der Waals surface area (Å²) in [5, 5.41) is 11.6. The highest BCUT2D eigenvalue weighted by Gasteiger charge is 2.48. The Morgan fingerprint density at radius 1 is 1.05 bits per heavy atom. The van der Waals surface area contributed by atoms with Crippen LogP contribution in [0.1, 0.15) is 49.1 Å². The van der Waals surface area contributed by atoms with E-state index in [1.165, 1.54) is 19.1 Å². The first kappa shape index (κ1) is 26.0. The number of aliphatic hydroxyl groups is 1. The summed E-state index contributed by atoms with van der Waals surface area (Å²) in [5.74, 6) is -0.753. The second kappa shape index (κ2) is 9.58. The zero-order valence-corrected chi connectivity index (χ0v) is 22.7. The lowest BCUT2D eigenvalue weighted by Crippen LogP contribution is -2.30. The van der Waals surface area contributed by atoms with Gasteiger partial charge >= 0.3 is 5.91 Å². The highest BCUT2D eigenvalue weighted by atomic mass is 16.5. The van der Waals surface area contributed by atoms with E-state index in [9.17, 15) is 14.7 Å². The minimum absolute atomic E-state index is 0.0298. The van der Waals surface area contributed by atoms with E-state index in [-0.39, 0.29) is 22.7 Å². The molecule has 0 radical (unpaired) electrons. The Morgan fingerprint density at radius 3 is 2.41 bits per heavy atom. The van der Waals surface area contributed by atoms with E-state index in [1.54, 1.807) is 36.7 Å². The van der Waals surface area contributed by atoms with Crippen molar-refractivity contribution < 1.29 is 24.2 Å². The van der Waals surface area contributed by atoms with E-state index in [0.717, 1.165) is 11.1 Å². The molecule has 1 aliphatic rings. The van der Waals surface area contributed by atoms with E-state index in [0.29, 0.717) is 33.7 Å². The number of fused-ring (bicyclic) bond motifs is 1. The van der Waals surface area contributed by atoms with Crippen LogP contribution in [0.25, 0.3) is 16.8 Å². The zero-order valence-electron chi connectivity index (χ0n) is 22.7. The van der Waals surface area contributed by atoms with Crippen LogP contribution in [-0.2, 0) is 15.0 Å². The fourth-order valence-electron chi connectivity index (χ4n) is 4.83. The Hall–Kier alpha value is -4.66. The highest BCUT2D eigenvalue weighted by molar-refractivity contribution is 6.51. The van der Waals surface area contributed by atoms with Crippen LogP contribution < -0.4 is 14.4 Å². The second-order valence-corrected chi connectivity index (χ2v) is 10.5. The number of H-pyrrole nitrogens is 1. The molecule has 200 valence electrons. The molecule has 9 heteroatoms. The number of carbonyl (C=O) groups is 2. The Morgan fingerprint density at radius 2 is 1.77 bits per heavy atom. The van der Waals surface area contributed by atoms with Crippen LogP contribution in [0.3, 0.4) is 0 Å². The number of benzene rings is 2. The molecule has 5 rings (SSSR count). The summed E-state index contributed by atoms with van der Waals surface area (Å²) in [7, 11) is 3.05. The van der Waals surface area contributed by atoms with Gasteiger partial charge in [-0.15, -0.1) is 0 Å². The number of aromatic nitrogens is 3. The molecular weight excluding hydrogens is 496 g/mol. The molecule has 1 unspecified atom stereocenters. The maximum absolute atomic E-state index is 13.6.